The molecular weight excluding hydrogens is 242 g/mol. The number of carbonyl (C=O) groups is 2. The Kier molecular flexibility index (Phi) is 5.51. The molecule has 0 saturated heterocycles. The van der Waals surface area contributed by atoms with Crippen molar-refractivity contribution in [2.45, 2.75) is 13.8 Å². The summed E-state index contributed by atoms with van der Waals surface area (Å²) in [6, 6.07) is 5.60. The van der Waals surface area contributed by atoms with Gasteiger partial charge >= 0.3 is 11.8 Å². The predicted octanol–water partition coefficient (Wildman–Crippen LogP) is -0.497. The van der Waals surface area contributed by atoms with Crippen LogP contribution >= 0.6 is 0 Å². The van der Waals surface area contributed by atoms with Crippen molar-refractivity contribution in [3.63, 3.8) is 0 Å². The third kappa shape index (κ3) is 4.71. The summed E-state index contributed by atoms with van der Waals surface area (Å²) in [5, 5.41) is 5.23. The predicted molar refractivity (Wildman–Crippen MR) is 75.2 cm³/mol. The SMILES string of the molecule is Cc1cccc(NC(=O)C(=O)NCC[NH+](C)C)c1C. The topological polar surface area (TPSA) is 62.6 Å². The van der Waals surface area contributed by atoms with E-state index in [1.807, 2.05) is 40.1 Å². The maximum atomic E-state index is 11.7. The molecule has 0 aliphatic carbocycles. The number of likely N-dealkylation sites (N-methyl/N-ethyl adjacent to an activating group) is 1. The molecule has 2 amide bonds. The Labute approximate surface area is 114 Å². The van der Waals surface area contributed by atoms with Crippen LogP contribution in [0.1, 0.15) is 11.1 Å². The van der Waals surface area contributed by atoms with Gasteiger partial charge in [0.05, 0.1) is 27.2 Å². The van der Waals surface area contributed by atoms with Crippen LogP contribution in [0.4, 0.5) is 5.69 Å². The van der Waals surface area contributed by atoms with Crippen LogP contribution in [0.2, 0.25) is 0 Å². The smallest absolute Gasteiger partial charge is 0.313 e. The van der Waals surface area contributed by atoms with Gasteiger partial charge in [0.25, 0.3) is 0 Å². The molecule has 19 heavy (non-hydrogen) atoms. The monoisotopic (exact) mass is 264 g/mol. The summed E-state index contributed by atoms with van der Waals surface area (Å²) in [6.45, 7) is 5.15. The zero-order chi connectivity index (χ0) is 14.4. The largest absolute Gasteiger partial charge is 0.342 e. The minimum atomic E-state index is -0.623. The quantitative estimate of drug-likeness (QED) is 0.642. The number of aryl methyl sites for hydroxylation is 1. The Hall–Kier alpha value is -1.88. The van der Waals surface area contributed by atoms with Crippen molar-refractivity contribution in [2.24, 2.45) is 0 Å². The summed E-state index contributed by atoms with van der Waals surface area (Å²) in [5.74, 6) is -1.22. The van der Waals surface area contributed by atoms with Crippen LogP contribution in [0.3, 0.4) is 0 Å². The van der Waals surface area contributed by atoms with Gasteiger partial charge in [-0.05, 0) is 31.0 Å². The molecular formula is C14H22N3O2+. The zero-order valence-electron chi connectivity index (χ0n) is 12.0. The number of anilines is 1. The second-order valence-corrected chi connectivity index (χ2v) is 4.91. The number of rotatable bonds is 4. The molecule has 1 aromatic carbocycles. The zero-order valence-corrected chi connectivity index (χ0v) is 12.0. The van der Waals surface area contributed by atoms with E-state index in [1.54, 1.807) is 6.07 Å². The van der Waals surface area contributed by atoms with Gasteiger partial charge in [-0.1, -0.05) is 12.1 Å². The fourth-order valence-electron chi connectivity index (χ4n) is 1.57. The molecule has 0 heterocycles. The highest BCUT2D eigenvalue weighted by Crippen LogP contribution is 2.17. The molecule has 0 unspecified atom stereocenters. The van der Waals surface area contributed by atoms with Crippen LogP contribution in [0.15, 0.2) is 18.2 Å². The first-order valence-electron chi connectivity index (χ1n) is 6.36. The maximum absolute atomic E-state index is 11.7. The summed E-state index contributed by atoms with van der Waals surface area (Å²) < 4.78 is 0. The Balaban J connectivity index is 2.55. The molecule has 0 spiro atoms. The standard InChI is InChI=1S/C14H21N3O2/c1-10-6-5-7-12(11(10)2)16-14(19)13(18)15-8-9-17(3)4/h5-7H,8-9H2,1-4H3,(H,15,18)(H,16,19)/p+1. The molecule has 3 N–H and O–H groups in total. The fourth-order valence-corrected chi connectivity index (χ4v) is 1.57. The Morgan fingerprint density at radius 2 is 1.84 bits per heavy atom. The van der Waals surface area contributed by atoms with Crippen LogP contribution in [0, 0.1) is 13.8 Å². The van der Waals surface area contributed by atoms with Gasteiger partial charge in [0.2, 0.25) is 0 Å². The van der Waals surface area contributed by atoms with Gasteiger partial charge in [0.1, 0.15) is 0 Å². The lowest BCUT2D eigenvalue weighted by atomic mass is 10.1. The van der Waals surface area contributed by atoms with Gasteiger partial charge in [-0.15, -0.1) is 0 Å². The number of quaternary nitrogens is 1. The fraction of sp³-hybridized carbons (Fsp3) is 0.429. The summed E-state index contributed by atoms with van der Waals surface area (Å²) in [4.78, 5) is 24.5. The molecule has 104 valence electrons. The van der Waals surface area contributed by atoms with Crippen LogP contribution in [-0.4, -0.2) is 39.0 Å². The van der Waals surface area contributed by atoms with Gasteiger partial charge < -0.3 is 15.5 Å². The van der Waals surface area contributed by atoms with Crippen molar-refractivity contribution in [3.8, 4) is 0 Å². The number of nitrogens with one attached hydrogen (secondary N) is 3. The Morgan fingerprint density at radius 3 is 2.47 bits per heavy atom. The first-order chi connectivity index (χ1) is 8.91. The lowest BCUT2D eigenvalue weighted by Gasteiger charge is -2.11. The summed E-state index contributed by atoms with van der Waals surface area (Å²) in [5.41, 5.74) is 2.73. The molecule has 5 nitrogen and oxygen atoms in total. The van der Waals surface area contributed by atoms with Gasteiger partial charge in [-0.2, -0.15) is 0 Å². The summed E-state index contributed by atoms with van der Waals surface area (Å²) in [6.07, 6.45) is 0. The first-order valence-corrected chi connectivity index (χ1v) is 6.36. The number of benzene rings is 1. The van der Waals surface area contributed by atoms with E-state index in [1.165, 1.54) is 4.90 Å². The van der Waals surface area contributed by atoms with Crippen molar-refractivity contribution in [2.75, 3.05) is 32.5 Å². The van der Waals surface area contributed by atoms with Crippen molar-refractivity contribution in [3.05, 3.63) is 29.3 Å². The van der Waals surface area contributed by atoms with E-state index in [0.29, 0.717) is 12.2 Å². The Morgan fingerprint density at radius 1 is 1.16 bits per heavy atom. The lowest BCUT2D eigenvalue weighted by Crippen LogP contribution is -3.06. The van der Waals surface area contributed by atoms with E-state index in [-0.39, 0.29) is 0 Å². The van der Waals surface area contributed by atoms with E-state index in [2.05, 4.69) is 10.6 Å². The molecule has 1 rings (SSSR count). The average Bonchev–Trinajstić information content (AvgIpc) is 2.34. The van der Waals surface area contributed by atoms with Crippen molar-refractivity contribution in [1.82, 2.24) is 5.32 Å². The van der Waals surface area contributed by atoms with Crippen molar-refractivity contribution < 1.29 is 14.5 Å². The van der Waals surface area contributed by atoms with E-state index >= 15 is 0 Å². The van der Waals surface area contributed by atoms with E-state index in [0.717, 1.165) is 17.7 Å². The third-order valence-corrected chi connectivity index (χ3v) is 2.97. The minimum Gasteiger partial charge on any atom is -0.342 e. The van der Waals surface area contributed by atoms with E-state index < -0.39 is 11.8 Å². The number of carbonyl (C=O) groups excluding carboxylic acids is 2. The summed E-state index contributed by atoms with van der Waals surface area (Å²) in [7, 11) is 3.98. The molecule has 1 aromatic rings. The van der Waals surface area contributed by atoms with Crippen LogP contribution in [0.5, 0.6) is 0 Å². The van der Waals surface area contributed by atoms with Gasteiger partial charge in [0, 0.05) is 5.69 Å². The normalized spacial score (nSPS) is 10.4. The molecule has 0 fully saturated rings. The highest BCUT2D eigenvalue weighted by atomic mass is 16.2. The molecule has 0 bridgehead atoms. The van der Waals surface area contributed by atoms with Gasteiger partial charge in [0.15, 0.2) is 0 Å². The maximum Gasteiger partial charge on any atom is 0.313 e. The molecule has 0 aliphatic heterocycles. The first kappa shape index (κ1) is 15.2. The summed E-state index contributed by atoms with van der Waals surface area (Å²) >= 11 is 0. The van der Waals surface area contributed by atoms with Crippen molar-refractivity contribution >= 4 is 17.5 Å². The number of amides is 2. The second-order valence-electron chi connectivity index (χ2n) is 4.91. The number of hydrogen-bond donors (Lipinski definition) is 3. The highest BCUT2D eigenvalue weighted by molar-refractivity contribution is 6.39. The average molecular weight is 264 g/mol. The van der Waals surface area contributed by atoms with Gasteiger partial charge in [-0.3, -0.25) is 9.59 Å². The van der Waals surface area contributed by atoms with E-state index in [4.69, 9.17) is 0 Å². The van der Waals surface area contributed by atoms with Crippen molar-refractivity contribution in [1.29, 1.82) is 0 Å². The lowest BCUT2D eigenvalue weighted by molar-refractivity contribution is -0.856. The van der Waals surface area contributed by atoms with Crippen LogP contribution in [-0.2, 0) is 9.59 Å². The molecule has 0 aromatic heterocycles. The highest BCUT2D eigenvalue weighted by Gasteiger charge is 2.14. The molecule has 0 radical (unpaired) electrons. The van der Waals surface area contributed by atoms with Crippen LogP contribution in [0.25, 0.3) is 0 Å². The molecule has 0 saturated carbocycles. The van der Waals surface area contributed by atoms with Crippen LogP contribution < -0.4 is 15.5 Å². The molecule has 5 heteroatoms. The van der Waals surface area contributed by atoms with E-state index in [9.17, 15) is 9.59 Å². The molecule has 0 atom stereocenters. The molecule has 0 aliphatic rings. The van der Waals surface area contributed by atoms with Gasteiger partial charge in [-0.25, -0.2) is 0 Å². The Bertz CT molecular complexity index is 470. The third-order valence-electron chi connectivity index (χ3n) is 2.97. The number of hydrogen-bond acceptors (Lipinski definition) is 2. The second kappa shape index (κ2) is 6.89. The minimum absolute atomic E-state index is 0.487.